The van der Waals surface area contributed by atoms with Crippen LogP contribution in [0.1, 0.15) is 99.8 Å². The molecule has 5 nitrogen and oxygen atoms in total. The minimum absolute atomic E-state index is 0.154. The van der Waals surface area contributed by atoms with Gasteiger partial charge < -0.3 is 19.3 Å². The average Bonchev–Trinajstić information content (AvgIpc) is 3.39. The zero-order chi connectivity index (χ0) is 27.2. The van der Waals surface area contributed by atoms with Gasteiger partial charge in [-0.1, -0.05) is 46.3 Å². The maximum Gasteiger partial charge on any atom is 0.160 e. The van der Waals surface area contributed by atoms with Gasteiger partial charge in [-0.3, -0.25) is 4.79 Å². The molecule has 5 aliphatic rings. The first kappa shape index (κ1) is 27.8. The molecule has 10 atom stereocenters. The molecule has 0 aromatic heterocycles. The van der Waals surface area contributed by atoms with E-state index in [2.05, 4.69) is 40.7 Å². The van der Waals surface area contributed by atoms with E-state index in [9.17, 15) is 9.90 Å². The van der Waals surface area contributed by atoms with Crippen LogP contribution >= 0.6 is 0 Å². The van der Waals surface area contributed by atoms with Crippen LogP contribution in [0.3, 0.4) is 0 Å². The van der Waals surface area contributed by atoms with Gasteiger partial charge in [0.05, 0.1) is 11.7 Å². The number of hydrogen-bond acceptors (Lipinski definition) is 5. The smallest absolute Gasteiger partial charge is 0.160 e. The Hall–Kier alpha value is -0.750. The van der Waals surface area contributed by atoms with Crippen LogP contribution in [0.25, 0.3) is 0 Å². The quantitative estimate of drug-likeness (QED) is 0.433. The van der Waals surface area contributed by atoms with E-state index in [1.807, 2.05) is 13.8 Å². The van der Waals surface area contributed by atoms with Crippen molar-refractivity contribution in [2.45, 2.75) is 124 Å². The molecule has 0 amide bonds. The summed E-state index contributed by atoms with van der Waals surface area (Å²) in [7, 11) is 3.40. The van der Waals surface area contributed by atoms with Crippen LogP contribution in [0.4, 0.5) is 0 Å². The molecular weight excluding hydrogens is 464 g/mol. The maximum absolute atomic E-state index is 12.9. The van der Waals surface area contributed by atoms with Gasteiger partial charge in [0.15, 0.2) is 6.29 Å². The highest BCUT2D eigenvalue weighted by atomic mass is 16.7. The van der Waals surface area contributed by atoms with E-state index in [4.69, 9.17) is 14.2 Å². The number of Topliss-reactive ketones (excluding diaryl/α,β-unsaturated/α-hetero) is 1. The number of ketones is 1. The Bertz CT molecular complexity index is 953. The van der Waals surface area contributed by atoms with E-state index in [0.717, 1.165) is 25.7 Å². The molecule has 1 saturated heterocycles. The fraction of sp³-hybridized carbons (Fsp3) is 0.906. The third-order valence-corrected chi connectivity index (χ3v) is 13.1. The number of allylic oxidation sites excluding steroid dienone is 2. The van der Waals surface area contributed by atoms with E-state index in [1.54, 1.807) is 19.8 Å². The predicted molar refractivity (Wildman–Crippen MR) is 145 cm³/mol. The highest BCUT2D eigenvalue weighted by molar-refractivity contribution is 5.85. The Morgan fingerprint density at radius 2 is 1.78 bits per heavy atom. The van der Waals surface area contributed by atoms with Crippen LogP contribution in [0.5, 0.6) is 0 Å². The maximum atomic E-state index is 12.9. The van der Waals surface area contributed by atoms with Crippen molar-refractivity contribution in [2.75, 3.05) is 14.2 Å². The molecule has 0 aromatic carbocycles. The van der Waals surface area contributed by atoms with E-state index >= 15 is 0 Å². The Labute approximate surface area is 225 Å². The van der Waals surface area contributed by atoms with Crippen LogP contribution in [0, 0.1) is 45.3 Å². The standard InChI is InChI=1S/C32H52O5/c1-28(2)24-11-10-22-21(30(24,5)15-14-25(28)33)13-17-31(6)20(12-16-32(22,31)7)19-18-23(37-27(19)35-8)26(34)29(3,4)36-9/h10,19-21,23-24,26-27,34H,11-18H2,1-9H3/t19-,20+,21-,23-,24+,26+,27+,30-,31+,32-/m1/s1. The second-order valence-electron chi connectivity index (χ2n) is 15.0. The number of fused-ring (bicyclic) bond motifs is 5. The van der Waals surface area contributed by atoms with E-state index in [1.165, 1.54) is 25.7 Å². The molecule has 5 rings (SSSR count). The highest BCUT2D eigenvalue weighted by Gasteiger charge is 2.66. The van der Waals surface area contributed by atoms with Crippen molar-refractivity contribution in [2.24, 2.45) is 45.3 Å². The van der Waals surface area contributed by atoms with Gasteiger partial charge >= 0.3 is 0 Å². The molecule has 0 unspecified atom stereocenters. The lowest BCUT2D eigenvalue weighted by atomic mass is 9.41. The Kier molecular flexibility index (Phi) is 6.67. The minimum atomic E-state index is -0.702. The SMILES string of the molecule is CO[C@H]1O[C@@H]([C@H](O)C(C)(C)OC)C[C@@H]1[C@@H]1CC[C@]2(C)C3=CC[C@H]4C(C)(C)C(=O)CC[C@]4(C)[C@@H]3CC[C@@]12C. The lowest BCUT2D eigenvalue weighted by Crippen LogP contribution is -2.57. The molecule has 4 aliphatic carbocycles. The fourth-order valence-electron chi connectivity index (χ4n) is 10.3. The van der Waals surface area contributed by atoms with Gasteiger partial charge in [-0.15, -0.1) is 0 Å². The summed E-state index contributed by atoms with van der Waals surface area (Å²) >= 11 is 0. The fourth-order valence-corrected chi connectivity index (χ4v) is 10.3. The normalized spacial score (nSPS) is 48.2. The lowest BCUT2D eigenvalue weighted by molar-refractivity contribution is -0.189. The summed E-state index contributed by atoms with van der Waals surface area (Å²) in [5.41, 5.74) is 1.32. The number of methoxy groups -OCH3 is 2. The van der Waals surface area contributed by atoms with Crippen LogP contribution in [0.2, 0.25) is 0 Å². The van der Waals surface area contributed by atoms with Crippen molar-refractivity contribution in [3.63, 3.8) is 0 Å². The second-order valence-corrected chi connectivity index (χ2v) is 15.0. The number of hydrogen-bond donors (Lipinski definition) is 1. The van der Waals surface area contributed by atoms with E-state index < -0.39 is 11.7 Å². The van der Waals surface area contributed by atoms with Gasteiger partial charge in [0.1, 0.15) is 11.9 Å². The Morgan fingerprint density at radius 3 is 2.43 bits per heavy atom. The largest absolute Gasteiger partial charge is 0.387 e. The number of aliphatic hydroxyl groups is 1. The third kappa shape index (κ3) is 3.73. The number of rotatable bonds is 5. The van der Waals surface area contributed by atoms with Gasteiger partial charge in [-0.05, 0) is 92.8 Å². The zero-order valence-electron chi connectivity index (χ0n) is 24.9. The summed E-state index contributed by atoms with van der Waals surface area (Å²) in [5, 5.41) is 11.1. The monoisotopic (exact) mass is 516 g/mol. The highest BCUT2D eigenvalue weighted by Crippen LogP contribution is 2.73. The zero-order valence-corrected chi connectivity index (χ0v) is 24.9. The van der Waals surface area contributed by atoms with Crippen molar-refractivity contribution in [1.29, 1.82) is 0 Å². The van der Waals surface area contributed by atoms with Crippen LogP contribution in [-0.2, 0) is 19.0 Å². The molecule has 37 heavy (non-hydrogen) atoms. The van der Waals surface area contributed by atoms with Crippen molar-refractivity contribution >= 4 is 5.78 Å². The molecule has 210 valence electrons. The Morgan fingerprint density at radius 1 is 1.08 bits per heavy atom. The van der Waals surface area contributed by atoms with Crippen LogP contribution < -0.4 is 0 Å². The molecule has 1 aliphatic heterocycles. The van der Waals surface area contributed by atoms with Crippen LogP contribution in [-0.4, -0.2) is 49.2 Å². The average molecular weight is 517 g/mol. The molecule has 5 heteroatoms. The molecule has 1 N–H and O–H groups in total. The number of ether oxygens (including phenoxy) is 3. The molecular formula is C32H52O5. The first-order valence-corrected chi connectivity index (χ1v) is 14.8. The molecule has 1 heterocycles. The summed E-state index contributed by atoms with van der Waals surface area (Å²) < 4.78 is 17.9. The van der Waals surface area contributed by atoms with Crippen LogP contribution in [0.15, 0.2) is 11.6 Å². The molecule has 0 radical (unpaired) electrons. The number of carbonyl (C=O) groups excluding carboxylic acids is 1. The molecule has 4 fully saturated rings. The summed E-state index contributed by atoms with van der Waals surface area (Å²) in [6.45, 7) is 15.9. The van der Waals surface area contributed by atoms with Gasteiger partial charge in [0.2, 0.25) is 0 Å². The van der Waals surface area contributed by atoms with Gasteiger partial charge in [-0.2, -0.15) is 0 Å². The molecule has 3 saturated carbocycles. The molecule has 0 spiro atoms. The van der Waals surface area contributed by atoms with Crippen molar-refractivity contribution in [1.82, 2.24) is 0 Å². The summed E-state index contributed by atoms with van der Waals surface area (Å²) in [6, 6.07) is 0. The van der Waals surface area contributed by atoms with E-state index in [-0.39, 0.29) is 40.0 Å². The summed E-state index contributed by atoms with van der Waals surface area (Å²) in [5.74, 6) is 2.22. The third-order valence-electron chi connectivity index (χ3n) is 13.1. The van der Waals surface area contributed by atoms with Crippen molar-refractivity contribution in [3.05, 3.63) is 11.6 Å². The number of aliphatic hydroxyl groups excluding tert-OH is 1. The Balaban J connectivity index is 1.44. The van der Waals surface area contributed by atoms with Crippen molar-refractivity contribution < 1.29 is 24.1 Å². The molecule has 0 bridgehead atoms. The summed E-state index contributed by atoms with van der Waals surface area (Å²) in [4.78, 5) is 12.9. The van der Waals surface area contributed by atoms with Gasteiger partial charge in [0, 0.05) is 32.0 Å². The van der Waals surface area contributed by atoms with E-state index in [0.29, 0.717) is 23.5 Å². The number of carbonyl (C=O) groups is 1. The van der Waals surface area contributed by atoms with Gasteiger partial charge in [-0.25, -0.2) is 0 Å². The lowest BCUT2D eigenvalue weighted by Gasteiger charge is -2.63. The minimum Gasteiger partial charge on any atom is -0.387 e. The van der Waals surface area contributed by atoms with Crippen molar-refractivity contribution in [3.8, 4) is 0 Å². The molecule has 0 aromatic rings. The first-order valence-electron chi connectivity index (χ1n) is 14.8. The predicted octanol–water partition coefficient (Wildman–Crippen LogP) is 6.32. The first-order chi connectivity index (χ1) is 17.2. The summed E-state index contributed by atoms with van der Waals surface area (Å²) in [6.07, 6.45) is 9.70. The second kappa shape index (κ2) is 8.88. The topological polar surface area (TPSA) is 65.0 Å². The van der Waals surface area contributed by atoms with Gasteiger partial charge in [0.25, 0.3) is 0 Å².